The van der Waals surface area contributed by atoms with Gasteiger partial charge in [-0.15, -0.1) is 0 Å². The molecule has 1 N–H and O–H groups in total. The highest BCUT2D eigenvalue weighted by Crippen LogP contribution is 2.23. The minimum absolute atomic E-state index is 0.135. The molecule has 0 saturated heterocycles. The highest BCUT2D eigenvalue weighted by atomic mass is 16.2. The second-order valence-electron chi connectivity index (χ2n) is 5.65. The van der Waals surface area contributed by atoms with Gasteiger partial charge in [0.1, 0.15) is 5.82 Å². The normalized spacial score (nSPS) is 13.3. The summed E-state index contributed by atoms with van der Waals surface area (Å²) in [5.74, 6) is 0.430. The Morgan fingerprint density at radius 3 is 2.91 bits per heavy atom. The lowest BCUT2D eigenvalue weighted by molar-refractivity contribution is 0.0752. The Morgan fingerprint density at radius 1 is 1.22 bits per heavy atom. The van der Waals surface area contributed by atoms with Crippen molar-refractivity contribution in [2.75, 3.05) is 0 Å². The monoisotopic (exact) mass is 306 g/mol. The third-order valence-corrected chi connectivity index (χ3v) is 4.09. The molecule has 0 spiro atoms. The molecule has 114 valence electrons. The van der Waals surface area contributed by atoms with E-state index >= 15 is 0 Å². The van der Waals surface area contributed by atoms with E-state index in [0.29, 0.717) is 29.2 Å². The number of rotatable bonds is 1. The van der Waals surface area contributed by atoms with Gasteiger partial charge >= 0.3 is 0 Å². The number of pyridine rings is 1. The number of carbonyl (C=O) groups is 1. The fourth-order valence-corrected chi connectivity index (χ4v) is 2.99. The first kappa shape index (κ1) is 13.6. The Kier molecular flexibility index (Phi) is 2.97. The fourth-order valence-electron chi connectivity index (χ4n) is 2.99. The summed E-state index contributed by atoms with van der Waals surface area (Å²) in [6, 6.07) is 7.64. The Morgan fingerprint density at radius 2 is 2.04 bits per heavy atom. The predicted octanol–water partition coefficient (Wildman–Crippen LogP) is 1.78. The van der Waals surface area contributed by atoms with Crippen LogP contribution in [0.25, 0.3) is 10.8 Å². The van der Waals surface area contributed by atoms with Crippen molar-refractivity contribution in [3.8, 4) is 0 Å². The van der Waals surface area contributed by atoms with Crippen LogP contribution in [-0.2, 0) is 13.1 Å². The molecule has 3 heterocycles. The SMILES string of the molecule is Cc1nc2c(c(=O)[nH]1)CN(C(=O)c1cncc3ccccc13)C2. The number of aromatic amines is 1. The summed E-state index contributed by atoms with van der Waals surface area (Å²) < 4.78 is 0. The minimum atomic E-state index is -0.168. The lowest BCUT2D eigenvalue weighted by Crippen LogP contribution is -2.26. The lowest BCUT2D eigenvalue weighted by atomic mass is 10.1. The molecule has 1 aliphatic rings. The molecule has 0 bridgehead atoms. The zero-order valence-corrected chi connectivity index (χ0v) is 12.5. The van der Waals surface area contributed by atoms with E-state index in [9.17, 15) is 9.59 Å². The largest absolute Gasteiger partial charge is 0.328 e. The van der Waals surface area contributed by atoms with E-state index in [1.54, 1.807) is 24.2 Å². The van der Waals surface area contributed by atoms with Gasteiger partial charge in [-0.3, -0.25) is 14.6 Å². The van der Waals surface area contributed by atoms with Gasteiger partial charge in [-0.05, 0) is 12.3 Å². The van der Waals surface area contributed by atoms with Crippen molar-refractivity contribution < 1.29 is 4.79 Å². The van der Waals surface area contributed by atoms with Crippen LogP contribution in [0.4, 0.5) is 0 Å². The van der Waals surface area contributed by atoms with Crippen LogP contribution in [0.5, 0.6) is 0 Å². The number of fused-ring (bicyclic) bond motifs is 2. The van der Waals surface area contributed by atoms with Crippen molar-refractivity contribution in [2.24, 2.45) is 0 Å². The van der Waals surface area contributed by atoms with Gasteiger partial charge < -0.3 is 9.88 Å². The summed E-state index contributed by atoms with van der Waals surface area (Å²) >= 11 is 0. The smallest absolute Gasteiger partial charge is 0.256 e. The summed E-state index contributed by atoms with van der Waals surface area (Å²) in [5.41, 5.74) is 1.62. The molecule has 1 amide bonds. The molecular formula is C17H14N4O2. The zero-order chi connectivity index (χ0) is 16.0. The molecule has 1 aromatic carbocycles. The molecule has 4 rings (SSSR count). The summed E-state index contributed by atoms with van der Waals surface area (Å²) in [4.78, 5) is 37.7. The molecule has 6 nitrogen and oxygen atoms in total. The first-order valence-electron chi connectivity index (χ1n) is 7.34. The number of nitrogens with zero attached hydrogens (tertiary/aromatic N) is 3. The van der Waals surface area contributed by atoms with Crippen molar-refractivity contribution in [3.05, 3.63) is 69.7 Å². The number of hydrogen-bond donors (Lipinski definition) is 1. The molecule has 0 atom stereocenters. The number of carbonyl (C=O) groups excluding carboxylic acids is 1. The molecule has 6 heteroatoms. The van der Waals surface area contributed by atoms with Crippen LogP contribution in [0.2, 0.25) is 0 Å². The second-order valence-corrected chi connectivity index (χ2v) is 5.65. The predicted molar refractivity (Wildman–Crippen MR) is 84.9 cm³/mol. The fraction of sp³-hybridized carbons (Fsp3) is 0.176. The van der Waals surface area contributed by atoms with Crippen molar-refractivity contribution >= 4 is 16.7 Å². The number of benzene rings is 1. The Labute approximate surface area is 131 Å². The number of aryl methyl sites for hydroxylation is 1. The Balaban J connectivity index is 1.74. The van der Waals surface area contributed by atoms with Crippen LogP contribution in [0.15, 0.2) is 41.5 Å². The van der Waals surface area contributed by atoms with Crippen LogP contribution in [0, 0.1) is 6.92 Å². The number of amides is 1. The third-order valence-electron chi connectivity index (χ3n) is 4.09. The molecular weight excluding hydrogens is 292 g/mol. The van der Waals surface area contributed by atoms with Crippen LogP contribution < -0.4 is 5.56 Å². The minimum Gasteiger partial charge on any atom is -0.328 e. The van der Waals surface area contributed by atoms with E-state index in [1.165, 1.54) is 0 Å². The average Bonchev–Trinajstić information content (AvgIpc) is 2.98. The van der Waals surface area contributed by atoms with E-state index in [4.69, 9.17) is 0 Å². The highest BCUT2D eigenvalue weighted by Gasteiger charge is 2.28. The molecule has 1 aliphatic heterocycles. The van der Waals surface area contributed by atoms with Crippen molar-refractivity contribution in [3.63, 3.8) is 0 Å². The summed E-state index contributed by atoms with van der Waals surface area (Å²) in [5, 5.41) is 1.78. The van der Waals surface area contributed by atoms with Gasteiger partial charge in [0.15, 0.2) is 0 Å². The summed E-state index contributed by atoms with van der Waals surface area (Å²) in [6.07, 6.45) is 3.32. The maximum atomic E-state index is 12.9. The molecule has 0 saturated carbocycles. The highest BCUT2D eigenvalue weighted by molar-refractivity contribution is 6.06. The second kappa shape index (κ2) is 5.01. The molecule has 0 radical (unpaired) electrons. The van der Waals surface area contributed by atoms with Gasteiger partial charge in [0.2, 0.25) is 0 Å². The molecule has 2 aromatic heterocycles. The molecule has 0 aliphatic carbocycles. The topological polar surface area (TPSA) is 79.0 Å². The average molecular weight is 306 g/mol. The van der Waals surface area contributed by atoms with E-state index in [1.807, 2.05) is 24.3 Å². The number of H-pyrrole nitrogens is 1. The molecule has 0 fully saturated rings. The van der Waals surface area contributed by atoms with Gasteiger partial charge in [-0.25, -0.2) is 4.98 Å². The van der Waals surface area contributed by atoms with Crippen LogP contribution in [0.1, 0.15) is 27.4 Å². The first-order valence-corrected chi connectivity index (χ1v) is 7.34. The van der Waals surface area contributed by atoms with Crippen molar-refractivity contribution in [1.29, 1.82) is 0 Å². The lowest BCUT2D eigenvalue weighted by Gasteiger charge is -2.16. The number of hydrogen-bond acceptors (Lipinski definition) is 4. The van der Waals surface area contributed by atoms with Gasteiger partial charge in [0.05, 0.1) is 29.9 Å². The Hall–Kier alpha value is -3.02. The first-order chi connectivity index (χ1) is 11.1. The summed E-state index contributed by atoms with van der Waals surface area (Å²) in [6.45, 7) is 2.36. The van der Waals surface area contributed by atoms with Gasteiger partial charge in [-0.1, -0.05) is 24.3 Å². The maximum absolute atomic E-state index is 12.9. The summed E-state index contributed by atoms with van der Waals surface area (Å²) in [7, 11) is 0. The van der Waals surface area contributed by atoms with Crippen LogP contribution in [0.3, 0.4) is 0 Å². The van der Waals surface area contributed by atoms with Crippen LogP contribution in [-0.4, -0.2) is 25.8 Å². The van der Waals surface area contributed by atoms with Crippen molar-refractivity contribution in [1.82, 2.24) is 19.9 Å². The van der Waals surface area contributed by atoms with Gasteiger partial charge in [-0.2, -0.15) is 0 Å². The van der Waals surface area contributed by atoms with Crippen LogP contribution >= 0.6 is 0 Å². The van der Waals surface area contributed by atoms with E-state index in [0.717, 1.165) is 10.8 Å². The molecule has 23 heavy (non-hydrogen) atoms. The van der Waals surface area contributed by atoms with Gasteiger partial charge in [0, 0.05) is 17.8 Å². The molecule has 0 unspecified atom stereocenters. The van der Waals surface area contributed by atoms with E-state index in [2.05, 4.69) is 15.0 Å². The third kappa shape index (κ3) is 2.19. The molecule has 3 aromatic rings. The standard InChI is InChI=1S/C17H14N4O2/c1-10-19-15-9-21(8-14(15)16(22)20-10)17(23)13-7-18-6-11-4-2-3-5-12(11)13/h2-7H,8-9H2,1H3,(H,19,20,22). The Bertz CT molecular complexity index is 988. The number of nitrogens with one attached hydrogen (secondary N) is 1. The maximum Gasteiger partial charge on any atom is 0.256 e. The quantitative estimate of drug-likeness (QED) is 0.743. The van der Waals surface area contributed by atoms with Gasteiger partial charge in [0.25, 0.3) is 11.5 Å². The van der Waals surface area contributed by atoms with E-state index in [-0.39, 0.29) is 18.0 Å². The number of aromatic nitrogens is 3. The van der Waals surface area contributed by atoms with E-state index < -0.39 is 0 Å². The van der Waals surface area contributed by atoms with Crippen molar-refractivity contribution in [2.45, 2.75) is 20.0 Å². The zero-order valence-electron chi connectivity index (χ0n) is 12.5.